The number of alkyl halides is 3. The number of hydrogen-bond donors (Lipinski definition) is 0. The minimum Gasteiger partial charge on any atom is -0.350 e. The van der Waals surface area contributed by atoms with Crippen molar-refractivity contribution in [3.8, 4) is 0 Å². The van der Waals surface area contributed by atoms with Crippen molar-refractivity contribution < 1.29 is 13.2 Å². The van der Waals surface area contributed by atoms with E-state index in [0.29, 0.717) is 41.3 Å². The number of nitrogens with zero attached hydrogens (tertiary/aromatic N) is 5. The van der Waals surface area contributed by atoms with Crippen molar-refractivity contribution in [2.45, 2.75) is 57.7 Å². The van der Waals surface area contributed by atoms with Crippen molar-refractivity contribution in [1.29, 1.82) is 0 Å². The third kappa shape index (κ3) is 3.55. The lowest BCUT2D eigenvalue weighted by Crippen LogP contribution is -2.34. The van der Waals surface area contributed by atoms with Crippen LogP contribution in [-0.2, 0) is 19.1 Å². The number of hydrogen-bond acceptors (Lipinski definition) is 5. The summed E-state index contributed by atoms with van der Waals surface area (Å²) in [5.41, 5.74) is 2.29. The Morgan fingerprint density at radius 1 is 1.10 bits per heavy atom. The summed E-state index contributed by atoms with van der Waals surface area (Å²) in [4.78, 5) is 23.5. The molecule has 0 atom stereocenters. The summed E-state index contributed by atoms with van der Waals surface area (Å²) >= 11 is 0. The lowest BCUT2D eigenvalue weighted by atomic mass is 10.0. The average Bonchev–Trinajstić information content (AvgIpc) is 3.27. The van der Waals surface area contributed by atoms with Crippen LogP contribution in [0.2, 0.25) is 0 Å². The van der Waals surface area contributed by atoms with Gasteiger partial charge in [-0.1, -0.05) is 12.8 Å². The molecule has 0 saturated heterocycles. The fraction of sp³-hybridized carbons (Fsp3) is 0.455. The predicted molar refractivity (Wildman–Crippen MR) is 109 cm³/mol. The maximum atomic E-state index is 13.1. The van der Waals surface area contributed by atoms with Gasteiger partial charge in [0.05, 0.1) is 5.56 Å². The lowest BCUT2D eigenvalue weighted by molar-refractivity contribution is -0.137. The average molecular weight is 429 g/mol. The molecule has 31 heavy (non-hydrogen) atoms. The summed E-state index contributed by atoms with van der Waals surface area (Å²) in [6.45, 7) is 2.70. The molecule has 0 spiro atoms. The molecule has 0 unspecified atom stereocenters. The van der Waals surface area contributed by atoms with Crippen molar-refractivity contribution in [2.24, 2.45) is 0 Å². The molecule has 0 radical (unpaired) electrons. The van der Waals surface area contributed by atoms with Crippen LogP contribution in [0.5, 0.6) is 0 Å². The highest BCUT2D eigenvalue weighted by Gasteiger charge is 2.33. The SMILES string of the molecule is Cc1cc2ncc(C3CCCC3)c(=O)n2nc1N1CCc2ncc(C(F)(F)F)cc2C1. The molecule has 5 rings (SSSR count). The van der Waals surface area contributed by atoms with E-state index in [1.54, 1.807) is 6.20 Å². The minimum absolute atomic E-state index is 0.156. The van der Waals surface area contributed by atoms with E-state index in [4.69, 9.17) is 0 Å². The smallest absolute Gasteiger partial charge is 0.350 e. The van der Waals surface area contributed by atoms with E-state index in [-0.39, 0.29) is 18.0 Å². The molecule has 3 aromatic heterocycles. The first kappa shape index (κ1) is 20.0. The molecule has 0 bridgehead atoms. The van der Waals surface area contributed by atoms with Gasteiger partial charge in [-0.25, -0.2) is 4.98 Å². The maximum absolute atomic E-state index is 13.1. The maximum Gasteiger partial charge on any atom is 0.417 e. The second kappa shape index (κ2) is 7.32. The van der Waals surface area contributed by atoms with Crippen molar-refractivity contribution >= 4 is 11.5 Å². The Bertz CT molecular complexity index is 1210. The van der Waals surface area contributed by atoms with Crippen molar-refractivity contribution in [3.05, 3.63) is 62.8 Å². The van der Waals surface area contributed by atoms with Gasteiger partial charge in [0.2, 0.25) is 0 Å². The van der Waals surface area contributed by atoms with Crippen LogP contribution in [0.15, 0.2) is 29.3 Å². The largest absolute Gasteiger partial charge is 0.417 e. The number of aryl methyl sites for hydroxylation is 1. The van der Waals surface area contributed by atoms with Crippen LogP contribution in [0.1, 0.15) is 59.5 Å². The molecule has 1 saturated carbocycles. The monoisotopic (exact) mass is 429 g/mol. The second-order valence-corrected chi connectivity index (χ2v) is 8.42. The van der Waals surface area contributed by atoms with Gasteiger partial charge in [-0.2, -0.15) is 17.7 Å². The number of anilines is 1. The quantitative estimate of drug-likeness (QED) is 0.616. The third-order valence-corrected chi connectivity index (χ3v) is 6.35. The molecule has 162 valence electrons. The Labute approximate surface area is 176 Å². The molecule has 1 fully saturated rings. The molecule has 3 aromatic rings. The molecule has 0 N–H and O–H groups in total. The van der Waals surface area contributed by atoms with Gasteiger partial charge in [0, 0.05) is 43.2 Å². The Morgan fingerprint density at radius 2 is 1.87 bits per heavy atom. The fourth-order valence-corrected chi connectivity index (χ4v) is 4.69. The van der Waals surface area contributed by atoms with Crippen molar-refractivity contribution in [1.82, 2.24) is 19.6 Å². The summed E-state index contributed by atoms with van der Waals surface area (Å²) in [5.74, 6) is 0.806. The number of aromatic nitrogens is 4. The normalized spacial score (nSPS) is 17.4. The standard InChI is InChI=1S/C22H22F3N5O/c1-13-8-19-27-11-17(14-4-2-3-5-14)21(31)30(19)28-20(13)29-7-6-18-15(12-29)9-16(10-26-18)22(23,24)25/h8-11,14H,2-7,12H2,1H3. The zero-order valence-electron chi connectivity index (χ0n) is 17.1. The van der Waals surface area contributed by atoms with E-state index in [2.05, 4.69) is 15.1 Å². The molecule has 0 amide bonds. The number of rotatable bonds is 2. The molecule has 0 aromatic carbocycles. The zero-order valence-corrected chi connectivity index (χ0v) is 17.1. The fourth-order valence-electron chi connectivity index (χ4n) is 4.69. The Hall–Kier alpha value is -2.97. The van der Waals surface area contributed by atoms with Gasteiger partial charge in [-0.3, -0.25) is 9.78 Å². The molecule has 9 heteroatoms. The van der Waals surface area contributed by atoms with Crippen LogP contribution in [-0.4, -0.2) is 26.1 Å². The molecule has 2 aliphatic rings. The van der Waals surface area contributed by atoms with Crippen LogP contribution in [0, 0.1) is 6.92 Å². The van der Waals surface area contributed by atoms with Crippen molar-refractivity contribution in [3.63, 3.8) is 0 Å². The van der Waals surface area contributed by atoms with Crippen LogP contribution in [0.3, 0.4) is 0 Å². The summed E-state index contributed by atoms with van der Waals surface area (Å²) in [5, 5.41) is 4.60. The lowest BCUT2D eigenvalue weighted by Gasteiger charge is -2.30. The first-order valence-corrected chi connectivity index (χ1v) is 10.5. The van der Waals surface area contributed by atoms with Crippen LogP contribution >= 0.6 is 0 Å². The molecule has 1 aliphatic heterocycles. The van der Waals surface area contributed by atoms with Crippen LogP contribution in [0.4, 0.5) is 19.0 Å². The number of fused-ring (bicyclic) bond motifs is 2. The number of pyridine rings is 1. The summed E-state index contributed by atoms with van der Waals surface area (Å²) in [7, 11) is 0. The highest BCUT2D eigenvalue weighted by molar-refractivity contribution is 5.54. The van der Waals surface area contributed by atoms with Gasteiger partial charge >= 0.3 is 6.18 Å². The third-order valence-electron chi connectivity index (χ3n) is 6.35. The van der Waals surface area contributed by atoms with Gasteiger partial charge in [-0.15, -0.1) is 5.10 Å². The van der Waals surface area contributed by atoms with E-state index in [0.717, 1.165) is 43.5 Å². The number of halogens is 3. The minimum atomic E-state index is -4.43. The highest BCUT2D eigenvalue weighted by atomic mass is 19.4. The van der Waals surface area contributed by atoms with Gasteiger partial charge < -0.3 is 4.90 Å². The van der Waals surface area contributed by atoms with Gasteiger partial charge in [-0.05, 0) is 48.9 Å². The second-order valence-electron chi connectivity index (χ2n) is 8.42. The van der Waals surface area contributed by atoms with E-state index in [9.17, 15) is 18.0 Å². The van der Waals surface area contributed by atoms with Gasteiger partial charge in [0.1, 0.15) is 0 Å². The van der Waals surface area contributed by atoms with E-state index >= 15 is 0 Å². The molecular formula is C22H22F3N5O. The van der Waals surface area contributed by atoms with Gasteiger partial charge in [0.25, 0.3) is 5.56 Å². The van der Waals surface area contributed by atoms with Crippen LogP contribution in [0.25, 0.3) is 5.65 Å². The van der Waals surface area contributed by atoms with E-state index in [1.807, 2.05) is 17.9 Å². The first-order chi connectivity index (χ1) is 14.8. The Morgan fingerprint density at radius 3 is 2.61 bits per heavy atom. The molecule has 4 heterocycles. The van der Waals surface area contributed by atoms with Crippen LogP contribution < -0.4 is 10.5 Å². The summed E-state index contributed by atoms with van der Waals surface area (Å²) in [6, 6.07) is 2.97. The Balaban J connectivity index is 1.53. The molecule has 6 nitrogen and oxygen atoms in total. The summed E-state index contributed by atoms with van der Waals surface area (Å²) < 4.78 is 40.7. The zero-order chi connectivity index (χ0) is 21.8. The highest BCUT2D eigenvalue weighted by Crippen LogP contribution is 2.33. The van der Waals surface area contributed by atoms with E-state index < -0.39 is 11.7 Å². The molecule has 1 aliphatic carbocycles. The first-order valence-electron chi connectivity index (χ1n) is 10.5. The Kier molecular flexibility index (Phi) is 4.71. The molecular weight excluding hydrogens is 407 g/mol. The summed E-state index contributed by atoms with van der Waals surface area (Å²) in [6.07, 6.45) is 2.85. The van der Waals surface area contributed by atoms with Gasteiger partial charge in [0.15, 0.2) is 11.5 Å². The van der Waals surface area contributed by atoms with Crippen molar-refractivity contribution in [2.75, 3.05) is 11.4 Å². The van der Waals surface area contributed by atoms with E-state index in [1.165, 1.54) is 4.52 Å². The topological polar surface area (TPSA) is 63.4 Å². The predicted octanol–water partition coefficient (Wildman–Crippen LogP) is 4.03.